The first-order valence-corrected chi connectivity index (χ1v) is 10.6. The van der Waals surface area contributed by atoms with Crippen LogP contribution < -0.4 is 9.47 Å². The minimum absolute atomic E-state index is 0.123. The number of hydrogen-bond acceptors (Lipinski definition) is 3. The second kappa shape index (κ2) is 9.97. The van der Waals surface area contributed by atoms with Crippen LogP contribution in [0.5, 0.6) is 11.5 Å². The molecule has 4 aromatic rings. The second-order valence-corrected chi connectivity index (χ2v) is 7.64. The molecule has 0 N–H and O–H groups in total. The Balaban J connectivity index is 1.83. The number of rotatable bonds is 8. The topological polar surface area (TPSA) is 35.5 Å². The molecule has 0 bridgehead atoms. The highest BCUT2D eigenvalue weighted by Crippen LogP contribution is 2.36. The molecule has 3 nitrogen and oxygen atoms in total. The Morgan fingerprint density at radius 3 is 1.12 bits per heavy atom. The molecule has 0 spiro atoms. The summed E-state index contributed by atoms with van der Waals surface area (Å²) in [5, 5.41) is 0. The lowest BCUT2D eigenvalue weighted by atomic mass is 9.77. The van der Waals surface area contributed by atoms with E-state index in [0.29, 0.717) is 0 Å². The summed E-state index contributed by atoms with van der Waals surface area (Å²) < 4.78 is 10.7. The highest BCUT2D eigenvalue weighted by atomic mass is 16.5. The molecule has 0 aliphatic carbocycles. The standard InChI is InChI=1S/C29H26O3/c1-31-25-17-13-23(14-18-25)27(21-9-5-3-6-10-21)29(30)28(22-11-7-4-8-12-22)24-15-19-26(32-2)20-16-24/h3-20,27-28H,1-2H3. The van der Waals surface area contributed by atoms with Gasteiger partial charge in [0.25, 0.3) is 0 Å². The Morgan fingerprint density at radius 1 is 0.500 bits per heavy atom. The number of ether oxygens (including phenoxy) is 2. The van der Waals surface area contributed by atoms with E-state index in [-0.39, 0.29) is 5.78 Å². The lowest BCUT2D eigenvalue weighted by molar-refractivity contribution is -0.120. The summed E-state index contributed by atoms with van der Waals surface area (Å²) in [7, 11) is 3.29. The van der Waals surface area contributed by atoms with Crippen LogP contribution in [0.2, 0.25) is 0 Å². The van der Waals surface area contributed by atoms with Gasteiger partial charge in [0.2, 0.25) is 0 Å². The first kappa shape index (κ1) is 21.4. The summed E-state index contributed by atoms with van der Waals surface area (Å²) in [6.45, 7) is 0. The fraction of sp³-hybridized carbons (Fsp3) is 0.138. The zero-order valence-electron chi connectivity index (χ0n) is 18.3. The molecule has 0 fully saturated rings. The quantitative estimate of drug-likeness (QED) is 0.337. The SMILES string of the molecule is COc1ccc(C(C(=O)C(c2ccccc2)c2ccc(OC)cc2)c2ccccc2)cc1. The summed E-state index contributed by atoms with van der Waals surface area (Å²) in [6.07, 6.45) is 0. The smallest absolute Gasteiger partial charge is 0.156 e. The van der Waals surface area contributed by atoms with E-state index in [1.807, 2.05) is 109 Å². The molecule has 0 aliphatic heterocycles. The third-order valence-electron chi connectivity index (χ3n) is 5.73. The van der Waals surface area contributed by atoms with Gasteiger partial charge in [-0.1, -0.05) is 84.9 Å². The van der Waals surface area contributed by atoms with Gasteiger partial charge in [0.05, 0.1) is 26.1 Å². The molecular weight excluding hydrogens is 396 g/mol. The molecule has 0 aromatic heterocycles. The van der Waals surface area contributed by atoms with Crippen LogP contribution in [0.15, 0.2) is 109 Å². The fourth-order valence-electron chi connectivity index (χ4n) is 4.09. The Morgan fingerprint density at radius 2 is 0.812 bits per heavy atom. The van der Waals surface area contributed by atoms with Crippen LogP contribution in [0.3, 0.4) is 0 Å². The van der Waals surface area contributed by atoms with E-state index in [1.54, 1.807) is 14.2 Å². The highest BCUT2D eigenvalue weighted by Gasteiger charge is 2.32. The summed E-state index contributed by atoms with van der Waals surface area (Å²) >= 11 is 0. The molecule has 3 heteroatoms. The highest BCUT2D eigenvalue weighted by molar-refractivity contribution is 5.97. The number of carbonyl (C=O) groups excluding carboxylic acids is 1. The maximum absolute atomic E-state index is 14.3. The summed E-state index contributed by atoms with van der Waals surface area (Å²) in [5.74, 6) is 0.840. The number of Topliss-reactive ketones (excluding diaryl/α,β-unsaturated/α-hetero) is 1. The van der Waals surface area contributed by atoms with E-state index in [1.165, 1.54) is 0 Å². The molecule has 32 heavy (non-hydrogen) atoms. The predicted molar refractivity (Wildman–Crippen MR) is 128 cm³/mol. The van der Waals surface area contributed by atoms with Crippen molar-refractivity contribution in [3.05, 3.63) is 131 Å². The molecule has 0 aliphatic rings. The van der Waals surface area contributed by atoms with Gasteiger partial charge in [-0.25, -0.2) is 0 Å². The van der Waals surface area contributed by atoms with E-state index >= 15 is 0 Å². The molecule has 0 amide bonds. The van der Waals surface area contributed by atoms with Gasteiger partial charge >= 0.3 is 0 Å². The van der Waals surface area contributed by atoms with Crippen molar-refractivity contribution in [3.8, 4) is 11.5 Å². The Kier molecular flexibility index (Phi) is 6.66. The van der Waals surface area contributed by atoms with Gasteiger partial charge in [0.1, 0.15) is 11.5 Å². The Labute approximate surface area is 189 Å². The van der Waals surface area contributed by atoms with Gasteiger partial charge < -0.3 is 9.47 Å². The van der Waals surface area contributed by atoms with E-state index in [4.69, 9.17) is 9.47 Å². The Hall–Kier alpha value is -3.85. The minimum atomic E-state index is -0.408. The predicted octanol–water partition coefficient (Wildman–Crippen LogP) is 6.24. The number of hydrogen-bond donors (Lipinski definition) is 0. The number of methoxy groups -OCH3 is 2. The van der Waals surface area contributed by atoms with Crippen molar-refractivity contribution in [3.63, 3.8) is 0 Å². The van der Waals surface area contributed by atoms with E-state index in [9.17, 15) is 4.79 Å². The number of ketones is 1. The van der Waals surface area contributed by atoms with Gasteiger partial charge in [-0.2, -0.15) is 0 Å². The van der Waals surface area contributed by atoms with Gasteiger partial charge in [-0.15, -0.1) is 0 Å². The first-order valence-electron chi connectivity index (χ1n) is 10.6. The van der Waals surface area contributed by atoms with Gasteiger partial charge in [0, 0.05) is 0 Å². The molecule has 2 atom stereocenters. The molecule has 0 radical (unpaired) electrons. The van der Waals surface area contributed by atoms with Crippen LogP contribution in [-0.2, 0) is 4.79 Å². The average Bonchev–Trinajstić information content (AvgIpc) is 2.86. The summed E-state index contributed by atoms with van der Waals surface area (Å²) in [5.41, 5.74) is 3.82. The van der Waals surface area contributed by atoms with Crippen molar-refractivity contribution >= 4 is 5.78 Å². The van der Waals surface area contributed by atoms with Crippen molar-refractivity contribution in [1.82, 2.24) is 0 Å². The third kappa shape index (κ3) is 4.57. The lowest BCUT2D eigenvalue weighted by Crippen LogP contribution is -2.23. The van der Waals surface area contributed by atoms with Crippen LogP contribution in [0.25, 0.3) is 0 Å². The molecular formula is C29H26O3. The van der Waals surface area contributed by atoms with Gasteiger partial charge in [-0.05, 0) is 46.5 Å². The molecule has 0 saturated carbocycles. The van der Waals surface area contributed by atoms with Crippen LogP contribution >= 0.6 is 0 Å². The van der Waals surface area contributed by atoms with Crippen molar-refractivity contribution in [2.75, 3.05) is 14.2 Å². The maximum Gasteiger partial charge on any atom is 0.156 e. The molecule has 4 aromatic carbocycles. The van der Waals surface area contributed by atoms with Crippen molar-refractivity contribution in [2.45, 2.75) is 11.8 Å². The minimum Gasteiger partial charge on any atom is -0.497 e. The van der Waals surface area contributed by atoms with Crippen molar-refractivity contribution in [1.29, 1.82) is 0 Å². The van der Waals surface area contributed by atoms with Crippen LogP contribution in [-0.4, -0.2) is 20.0 Å². The fourth-order valence-corrected chi connectivity index (χ4v) is 4.09. The molecule has 160 valence electrons. The second-order valence-electron chi connectivity index (χ2n) is 7.64. The van der Waals surface area contributed by atoms with Crippen LogP contribution in [0.4, 0.5) is 0 Å². The summed E-state index contributed by atoms with van der Waals surface area (Å²) in [4.78, 5) is 14.3. The Bertz CT molecular complexity index is 1040. The number of carbonyl (C=O) groups is 1. The third-order valence-corrected chi connectivity index (χ3v) is 5.73. The molecule has 4 rings (SSSR count). The largest absolute Gasteiger partial charge is 0.497 e. The number of benzene rings is 4. The van der Waals surface area contributed by atoms with Gasteiger partial charge in [0.15, 0.2) is 5.78 Å². The molecule has 0 heterocycles. The first-order chi connectivity index (χ1) is 15.7. The zero-order chi connectivity index (χ0) is 22.3. The normalized spacial score (nSPS) is 12.6. The van der Waals surface area contributed by atoms with Crippen LogP contribution in [0, 0.1) is 0 Å². The zero-order valence-corrected chi connectivity index (χ0v) is 18.3. The van der Waals surface area contributed by atoms with Crippen molar-refractivity contribution in [2.24, 2.45) is 0 Å². The monoisotopic (exact) mass is 422 g/mol. The van der Waals surface area contributed by atoms with Gasteiger partial charge in [-0.3, -0.25) is 4.79 Å². The lowest BCUT2D eigenvalue weighted by Gasteiger charge is -2.24. The molecule has 2 unspecified atom stereocenters. The average molecular weight is 423 g/mol. The van der Waals surface area contributed by atoms with E-state index in [2.05, 4.69) is 0 Å². The van der Waals surface area contributed by atoms with E-state index < -0.39 is 11.8 Å². The summed E-state index contributed by atoms with van der Waals surface area (Å²) in [6, 6.07) is 35.4. The van der Waals surface area contributed by atoms with Crippen molar-refractivity contribution < 1.29 is 14.3 Å². The molecule has 0 saturated heterocycles. The van der Waals surface area contributed by atoms with E-state index in [0.717, 1.165) is 33.8 Å². The maximum atomic E-state index is 14.3. The van der Waals surface area contributed by atoms with Crippen LogP contribution in [0.1, 0.15) is 34.1 Å².